The Morgan fingerprint density at radius 2 is 1.86 bits per heavy atom. The van der Waals surface area contributed by atoms with E-state index < -0.39 is 22.5 Å². The Bertz CT molecular complexity index is 512. The predicted molar refractivity (Wildman–Crippen MR) is 91.7 cm³/mol. The second kappa shape index (κ2) is 8.33. The molecule has 1 aromatic rings. The molecule has 0 fully saturated rings. The van der Waals surface area contributed by atoms with Crippen LogP contribution in [0.15, 0.2) is 28.7 Å². The molecule has 0 aliphatic carbocycles. The Hall–Kier alpha value is -0.340. The molecular formula is C11H10BrCl3FN3OS. The molecule has 0 aliphatic heterocycles. The number of anilines is 1. The standard InChI is InChI=1S/C11H10BrCl3FN3OS/c12-6-1-3-7(4-2-6)17-10(21)19-9(11(13,14)15)18-8(20)5-16/h1-4,9H,5H2,(H,18,20)(H2,17,19,21)/t9-/m1/s1. The third-order valence-electron chi connectivity index (χ3n) is 2.13. The molecule has 0 heterocycles. The summed E-state index contributed by atoms with van der Waals surface area (Å²) in [5.41, 5.74) is 0.690. The number of alkyl halides is 4. The highest BCUT2D eigenvalue weighted by molar-refractivity contribution is 9.10. The van der Waals surface area contributed by atoms with E-state index in [1.807, 2.05) is 12.1 Å². The van der Waals surface area contributed by atoms with Crippen LogP contribution in [0.4, 0.5) is 10.1 Å². The Balaban J connectivity index is 2.67. The van der Waals surface area contributed by atoms with E-state index in [1.54, 1.807) is 12.1 Å². The summed E-state index contributed by atoms with van der Waals surface area (Å²) in [6.45, 7) is -1.23. The van der Waals surface area contributed by atoms with Gasteiger partial charge in [-0.1, -0.05) is 50.7 Å². The van der Waals surface area contributed by atoms with Crippen molar-refractivity contribution in [1.82, 2.24) is 10.6 Å². The third-order valence-corrected chi connectivity index (χ3v) is 3.53. The van der Waals surface area contributed by atoms with Gasteiger partial charge in [-0.25, -0.2) is 4.39 Å². The number of hydrogen-bond donors (Lipinski definition) is 3. The second-order valence-corrected chi connectivity index (χ2v) is 7.47. The highest BCUT2D eigenvalue weighted by Crippen LogP contribution is 2.29. The van der Waals surface area contributed by atoms with Crippen LogP contribution in [0.1, 0.15) is 0 Å². The SMILES string of the molecule is O=C(CF)N[C@H](NC(=S)Nc1ccc(Br)cc1)C(Cl)(Cl)Cl. The molecule has 0 saturated heterocycles. The Kier molecular flexibility index (Phi) is 7.42. The zero-order valence-electron chi connectivity index (χ0n) is 10.3. The molecule has 0 aliphatic rings. The lowest BCUT2D eigenvalue weighted by atomic mass is 10.3. The van der Waals surface area contributed by atoms with Crippen molar-refractivity contribution in [3.8, 4) is 0 Å². The molecule has 116 valence electrons. The van der Waals surface area contributed by atoms with Gasteiger partial charge in [0.15, 0.2) is 11.8 Å². The molecule has 4 nitrogen and oxygen atoms in total. The Morgan fingerprint density at radius 3 is 2.33 bits per heavy atom. The van der Waals surface area contributed by atoms with Gasteiger partial charge in [-0.3, -0.25) is 4.79 Å². The van der Waals surface area contributed by atoms with Crippen molar-refractivity contribution < 1.29 is 9.18 Å². The summed E-state index contributed by atoms with van der Waals surface area (Å²) in [5.74, 6) is -0.926. The summed E-state index contributed by atoms with van der Waals surface area (Å²) < 4.78 is 11.2. The van der Waals surface area contributed by atoms with Crippen LogP contribution in [0, 0.1) is 0 Å². The molecule has 0 radical (unpaired) electrons. The van der Waals surface area contributed by atoms with Crippen molar-refractivity contribution in [3.63, 3.8) is 0 Å². The number of carbonyl (C=O) groups excluding carboxylic acids is 1. The molecule has 0 aromatic heterocycles. The van der Waals surface area contributed by atoms with Gasteiger partial charge in [0.1, 0.15) is 6.17 Å². The largest absolute Gasteiger partial charge is 0.339 e. The summed E-state index contributed by atoms with van der Waals surface area (Å²) >= 11 is 25.5. The molecule has 1 rings (SSSR count). The maximum absolute atomic E-state index is 12.2. The zero-order chi connectivity index (χ0) is 16.0. The van der Waals surface area contributed by atoms with Gasteiger partial charge in [-0.05, 0) is 36.5 Å². The molecule has 0 saturated carbocycles. The van der Waals surface area contributed by atoms with Gasteiger partial charge in [0.2, 0.25) is 3.79 Å². The minimum absolute atomic E-state index is 0.104. The normalized spacial score (nSPS) is 12.4. The van der Waals surface area contributed by atoms with E-state index in [-0.39, 0.29) is 5.11 Å². The van der Waals surface area contributed by atoms with E-state index in [1.165, 1.54) is 0 Å². The van der Waals surface area contributed by atoms with Gasteiger partial charge >= 0.3 is 0 Å². The number of rotatable bonds is 4. The topological polar surface area (TPSA) is 53.2 Å². The number of carbonyl (C=O) groups is 1. The first-order chi connectivity index (χ1) is 9.72. The van der Waals surface area contributed by atoms with Crippen molar-refractivity contribution in [3.05, 3.63) is 28.7 Å². The zero-order valence-corrected chi connectivity index (χ0v) is 15.0. The number of nitrogens with one attached hydrogen (secondary N) is 3. The quantitative estimate of drug-likeness (QED) is 0.383. The lowest BCUT2D eigenvalue weighted by Crippen LogP contribution is -2.56. The molecule has 0 unspecified atom stereocenters. The average molecular weight is 438 g/mol. The summed E-state index contributed by atoms with van der Waals surface area (Å²) in [4.78, 5) is 11.1. The van der Waals surface area contributed by atoms with Crippen LogP contribution in [0.25, 0.3) is 0 Å². The van der Waals surface area contributed by atoms with Crippen LogP contribution in [0.3, 0.4) is 0 Å². The van der Waals surface area contributed by atoms with Gasteiger partial charge < -0.3 is 16.0 Å². The fraction of sp³-hybridized carbons (Fsp3) is 0.273. The van der Waals surface area contributed by atoms with Crippen molar-refractivity contribution in [2.75, 3.05) is 12.0 Å². The van der Waals surface area contributed by atoms with Crippen LogP contribution in [-0.4, -0.2) is 27.7 Å². The highest BCUT2D eigenvalue weighted by Gasteiger charge is 2.34. The lowest BCUT2D eigenvalue weighted by Gasteiger charge is -2.27. The minimum Gasteiger partial charge on any atom is -0.339 e. The maximum Gasteiger partial charge on any atom is 0.253 e. The van der Waals surface area contributed by atoms with Gasteiger partial charge in [-0.2, -0.15) is 0 Å². The van der Waals surface area contributed by atoms with Crippen LogP contribution < -0.4 is 16.0 Å². The first-order valence-corrected chi connectivity index (χ1v) is 7.81. The van der Waals surface area contributed by atoms with Crippen molar-refractivity contribution in [1.29, 1.82) is 0 Å². The van der Waals surface area contributed by atoms with E-state index in [0.29, 0.717) is 5.69 Å². The molecule has 0 spiro atoms. The molecule has 1 amide bonds. The van der Waals surface area contributed by atoms with E-state index in [2.05, 4.69) is 31.9 Å². The van der Waals surface area contributed by atoms with Crippen LogP contribution >= 0.6 is 63.0 Å². The minimum atomic E-state index is -1.91. The maximum atomic E-state index is 12.2. The number of hydrogen-bond acceptors (Lipinski definition) is 2. The van der Waals surface area contributed by atoms with E-state index in [9.17, 15) is 9.18 Å². The van der Waals surface area contributed by atoms with Crippen LogP contribution in [0.2, 0.25) is 0 Å². The van der Waals surface area contributed by atoms with Gasteiger partial charge in [0.25, 0.3) is 5.91 Å². The molecule has 1 aromatic carbocycles. The monoisotopic (exact) mass is 435 g/mol. The van der Waals surface area contributed by atoms with E-state index in [0.717, 1.165) is 4.47 Å². The second-order valence-electron chi connectivity index (χ2n) is 3.78. The number of halogens is 5. The number of thiocarbonyl (C=S) groups is 1. The summed E-state index contributed by atoms with van der Waals surface area (Å²) in [7, 11) is 0. The van der Waals surface area contributed by atoms with E-state index in [4.69, 9.17) is 47.0 Å². The lowest BCUT2D eigenvalue weighted by molar-refractivity contribution is -0.122. The molecule has 3 N–H and O–H groups in total. The van der Waals surface area contributed by atoms with E-state index >= 15 is 0 Å². The third kappa shape index (κ3) is 6.97. The molecule has 1 atom stereocenters. The van der Waals surface area contributed by atoms with Crippen molar-refractivity contribution in [2.24, 2.45) is 0 Å². The molecule has 10 heteroatoms. The van der Waals surface area contributed by atoms with Gasteiger partial charge in [0.05, 0.1) is 0 Å². The Morgan fingerprint density at radius 1 is 1.29 bits per heavy atom. The number of benzene rings is 1. The van der Waals surface area contributed by atoms with Gasteiger partial charge in [-0.15, -0.1) is 0 Å². The average Bonchev–Trinajstić information content (AvgIpc) is 2.39. The van der Waals surface area contributed by atoms with Crippen molar-refractivity contribution >= 4 is 79.7 Å². The number of amides is 1. The smallest absolute Gasteiger partial charge is 0.253 e. The van der Waals surface area contributed by atoms with Gasteiger partial charge in [0, 0.05) is 10.2 Å². The molecule has 0 bridgehead atoms. The van der Waals surface area contributed by atoms with Crippen molar-refractivity contribution in [2.45, 2.75) is 9.96 Å². The molecule has 21 heavy (non-hydrogen) atoms. The summed E-state index contributed by atoms with van der Waals surface area (Å²) in [6.07, 6.45) is -1.18. The summed E-state index contributed by atoms with van der Waals surface area (Å²) in [5, 5.41) is 7.72. The molecular weight excluding hydrogens is 427 g/mol. The fourth-order valence-electron chi connectivity index (χ4n) is 1.23. The fourth-order valence-corrected chi connectivity index (χ4v) is 2.06. The Labute approximate surface area is 149 Å². The van der Waals surface area contributed by atoms with Crippen LogP contribution in [-0.2, 0) is 4.79 Å². The summed E-state index contributed by atoms with van der Waals surface area (Å²) in [6, 6.07) is 7.15. The predicted octanol–water partition coefficient (Wildman–Crippen LogP) is 3.52. The first kappa shape index (κ1) is 18.7. The highest BCUT2D eigenvalue weighted by atomic mass is 79.9. The van der Waals surface area contributed by atoms with Crippen LogP contribution in [0.5, 0.6) is 0 Å². The first-order valence-electron chi connectivity index (χ1n) is 5.47.